The highest BCUT2D eigenvalue weighted by Gasteiger charge is 2.16. The Morgan fingerprint density at radius 3 is 3.00 bits per heavy atom. The monoisotopic (exact) mass is 293 g/mol. The molecule has 21 heavy (non-hydrogen) atoms. The number of nitrogens with one attached hydrogen (secondary N) is 2. The predicted molar refractivity (Wildman–Crippen MR) is 77.2 cm³/mol. The van der Waals surface area contributed by atoms with Gasteiger partial charge in [0.25, 0.3) is 5.91 Å². The van der Waals surface area contributed by atoms with Gasteiger partial charge in [0.15, 0.2) is 12.4 Å². The molecule has 1 amide bonds. The van der Waals surface area contributed by atoms with E-state index in [1.54, 1.807) is 12.1 Å². The summed E-state index contributed by atoms with van der Waals surface area (Å²) in [5, 5.41) is 16.9. The Bertz CT molecular complexity index is 501. The van der Waals surface area contributed by atoms with Gasteiger partial charge in [-0.2, -0.15) is 0 Å². The molecule has 7 nitrogen and oxygen atoms in total. The molecule has 1 atom stereocenters. The van der Waals surface area contributed by atoms with Gasteiger partial charge in [0.05, 0.1) is 4.92 Å². The topological polar surface area (TPSA) is 93.5 Å². The molecule has 1 aromatic rings. The fourth-order valence-corrected chi connectivity index (χ4v) is 2.28. The number of nitro benzene ring substituents is 1. The Labute approximate surface area is 122 Å². The Kier molecular flexibility index (Phi) is 5.51. The Morgan fingerprint density at radius 2 is 2.29 bits per heavy atom. The molecule has 0 bridgehead atoms. The lowest BCUT2D eigenvalue weighted by Gasteiger charge is -2.22. The molecule has 1 heterocycles. The van der Waals surface area contributed by atoms with E-state index in [2.05, 4.69) is 10.6 Å². The molecule has 0 spiro atoms. The maximum Gasteiger partial charge on any atom is 0.310 e. The highest BCUT2D eigenvalue weighted by molar-refractivity contribution is 5.77. The molecular weight excluding hydrogens is 274 g/mol. The van der Waals surface area contributed by atoms with Gasteiger partial charge >= 0.3 is 5.69 Å². The second-order valence-corrected chi connectivity index (χ2v) is 5.03. The second kappa shape index (κ2) is 7.58. The van der Waals surface area contributed by atoms with Crippen LogP contribution in [0.3, 0.4) is 0 Å². The SMILES string of the molecule is O=C(COc1ccccc1[N+](=O)[O-])NCC1CCCNC1. The molecule has 2 rings (SSSR count). The third-order valence-electron chi connectivity index (χ3n) is 3.41. The van der Waals surface area contributed by atoms with Gasteiger partial charge in [0, 0.05) is 12.6 Å². The zero-order valence-electron chi connectivity index (χ0n) is 11.7. The molecule has 7 heteroatoms. The first-order valence-corrected chi connectivity index (χ1v) is 7.00. The summed E-state index contributed by atoms with van der Waals surface area (Å²) in [6, 6.07) is 6.02. The van der Waals surface area contributed by atoms with Crippen molar-refractivity contribution in [3.05, 3.63) is 34.4 Å². The molecule has 114 valence electrons. The highest BCUT2D eigenvalue weighted by Crippen LogP contribution is 2.25. The van der Waals surface area contributed by atoms with Crippen LogP contribution in [0.2, 0.25) is 0 Å². The minimum Gasteiger partial charge on any atom is -0.477 e. The average molecular weight is 293 g/mol. The number of amides is 1. The van der Waals surface area contributed by atoms with E-state index in [9.17, 15) is 14.9 Å². The standard InChI is InChI=1S/C14H19N3O4/c18-14(16-9-11-4-3-7-15-8-11)10-21-13-6-2-1-5-12(13)17(19)20/h1-2,5-6,11,15H,3-4,7-10H2,(H,16,18). The molecule has 1 unspecified atom stereocenters. The van der Waals surface area contributed by atoms with Crippen LogP contribution < -0.4 is 15.4 Å². The van der Waals surface area contributed by atoms with Gasteiger partial charge in [-0.05, 0) is 37.9 Å². The minimum atomic E-state index is -0.527. The lowest BCUT2D eigenvalue weighted by Crippen LogP contribution is -2.39. The van der Waals surface area contributed by atoms with Crippen LogP contribution >= 0.6 is 0 Å². The van der Waals surface area contributed by atoms with Crippen molar-refractivity contribution in [2.24, 2.45) is 5.92 Å². The Morgan fingerprint density at radius 1 is 1.48 bits per heavy atom. The maximum absolute atomic E-state index is 11.7. The molecule has 1 saturated heterocycles. The van der Waals surface area contributed by atoms with Crippen LogP contribution in [-0.4, -0.2) is 37.1 Å². The average Bonchev–Trinajstić information content (AvgIpc) is 2.52. The Balaban J connectivity index is 1.77. The summed E-state index contributed by atoms with van der Waals surface area (Å²) in [6.45, 7) is 2.33. The van der Waals surface area contributed by atoms with Crippen molar-refractivity contribution in [2.75, 3.05) is 26.2 Å². The number of para-hydroxylation sites is 2. The van der Waals surface area contributed by atoms with Crippen molar-refractivity contribution in [2.45, 2.75) is 12.8 Å². The number of benzene rings is 1. The number of nitrogens with zero attached hydrogens (tertiary/aromatic N) is 1. The number of ether oxygens (including phenoxy) is 1. The van der Waals surface area contributed by atoms with Gasteiger partial charge in [0.2, 0.25) is 0 Å². The number of hydrogen-bond donors (Lipinski definition) is 2. The van der Waals surface area contributed by atoms with Crippen molar-refractivity contribution in [1.29, 1.82) is 0 Å². The first kappa shape index (κ1) is 15.2. The maximum atomic E-state index is 11.7. The molecule has 0 radical (unpaired) electrons. The lowest BCUT2D eigenvalue weighted by molar-refractivity contribution is -0.385. The van der Waals surface area contributed by atoms with E-state index >= 15 is 0 Å². The molecule has 1 aromatic carbocycles. The first-order valence-electron chi connectivity index (χ1n) is 7.00. The summed E-state index contributed by atoms with van der Waals surface area (Å²) in [5.74, 6) is 0.282. The molecular formula is C14H19N3O4. The van der Waals surface area contributed by atoms with Crippen LogP contribution in [0, 0.1) is 16.0 Å². The molecule has 0 aliphatic carbocycles. The largest absolute Gasteiger partial charge is 0.477 e. The van der Waals surface area contributed by atoms with Gasteiger partial charge in [0.1, 0.15) is 0 Å². The number of piperidine rings is 1. The van der Waals surface area contributed by atoms with E-state index in [0.717, 1.165) is 25.9 Å². The van der Waals surface area contributed by atoms with Gasteiger partial charge < -0.3 is 15.4 Å². The molecule has 0 saturated carbocycles. The summed E-state index contributed by atoms with van der Waals surface area (Å²) in [4.78, 5) is 22.0. The quantitative estimate of drug-likeness (QED) is 0.605. The van der Waals surface area contributed by atoms with Gasteiger partial charge in [-0.15, -0.1) is 0 Å². The summed E-state index contributed by atoms with van der Waals surface area (Å²) in [6.07, 6.45) is 2.21. The fraction of sp³-hybridized carbons (Fsp3) is 0.500. The summed E-state index contributed by atoms with van der Waals surface area (Å²) in [7, 11) is 0. The summed E-state index contributed by atoms with van der Waals surface area (Å²) < 4.78 is 5.23. The molecule has 1 aliphatic rings. The summed E-state index contributed by atoms with van der Waals surface area (Å²) in [5.41, 5.74) is -0.137. The number of carbonyl (C=O) groups excluding carboxylic acids is 1. The van der Waals surface area contributed by atoms with E-state index < -0.39 is 4.92 Å². The van der Waals surface area contributed by atoms with Crippen LogP contribution in [-0.2, 0) is 4.79 Å². The third-order valence-corrected chi connectivity index (χ3v) is 3.41. The van der Waals surface area contributed by atoms with E-state index in [0.29, 0.717) is 12.5 Å². The van der Waals surface area contributed by atoms with Crippen molar-refractivity contribution in [3.8, 4) is 5.75 Å². The van der Waals surface area contributed by atoms with Crippen molar-refractivity contribution >= 4 is 11.6 Å². The normalized spacial score (nSPS) is 18.0. The van der Waals surface area contributed by atoms with Crippen molar-refractivity contribution in [3.63, 3.8) is 0 Å². The minimum absolute atomic E-state index is 0.108. The number of nitro groups is 1. The summed E-state index contributed by atoms with van der Waals surface area (Å²) >= 11 is 0. The lowest BCUT2D eigenvalue weighted by atomic mass is 10.00. The van der Waals surface area contributed by atoms with Gasteiger partial charge in [-0.25, -0.2) is 0 Å². The molecule has 0 aromatic heterocycles. The number of rotatable bonds is 6. The number of hydrogen-bond acceptors (Lipinski definition) is 5. The predicted octanol–water partition coefficient (Wildman–Crippen LogP) is 1.09. The van der Waals surface area contributed by atoms with E-state index in [1.165, 1.54) is 12.1 Å². The van der Waals surface area contributed by atoms with Crippen LogP contribution in [0.4, 0.5) is 5.69 Å². The third kappa shape index (κ3) is 4.71. The van der Waals surface area contributed by atoms with E-state index in [-0.39, 0.29) is 24.0 Å². The van der Waals surface area contributed by atoms with Crippen molar-refractivity contribution < 1.29 is 14.5 Å². The van der Waals surface area contributed by atoms with Gasteiger partial charge in [-0.1, -0.05) is 12.1 Å². The van der Waals surface area contributed by atoms with Crippen LogP contribution in [0.1, 0.15) is 12.8 Å². The molecule has 1 fully saturated rings. The van der Waals surface area contributed by atoms with Gasteiger partial charge in [-0.3, -0.25) is 14.9 Å². The highest BCUT2D eigenvalue weighted by atomic mass is 16.6. The zero-order valence-corrected chi connectivity index (χ0v) is 11.7. The zero-order chi connectivity index (χ0) is 15.1. The molecule has 2 N–H and O–H groups in total. The number of carbonyl (C=O) groups is 1. The van der Waals surface area contributed by atoms with Crippen LogP contribution in [0.5, 0.6) is 5.75 Å². The fourth-order valence-electron chi connectivity index (χ4n) is 2.28. The van der Waals surface area contributed by atoms with E-state index in [4.69, 9.17) is 4.74 Å². The second-order valence-electron chi connectivity index (χ2n) is 5.03. The van der Waals surface area contributed by atoms with Crippen molar-refractivity contribution in [1.82, 2.24) is 10.6 Å². The van der Waals surface area contributed by atoms with E-state index in [1.807, 2.05) is 0 Å². The molecule has 1 aliphatic heterocycles. The smallest absolute Gasteiger partial charge is 0.310 e. The Hall–Kier alpha value is -2.15. The van der Waals surface area contributed by atoms with Crippen LogP contribution in [0.15, 0.2) is 24.3 Å². The van der Waals surface area contributed by atoms with Crippen LogP contribution in [0.25, 0.3) is 0 Å². The first-order chi connectivity index (χ1) is 10.2.